The van der Waals surface area contributed by atoms with E-state index in [4.69, 9.17) is 4.74 Å². The number of nitrogens with zero attached hydrogens (tertiary/aromatic N) is 1. The van der Waals surface area contributed by atoms with E-state index in [0.717, 1.165) is 40.0 Å². The van der Waals surface area contributed by atoms with E-state index < -0.39 is 5.92 Å². The zero-order valence-electron chi connectivity index (χ0n) is 17.9. The van der Waals surface area contributed by atoms with Crippen molar-refractivity contribution in [3.05, 3.63) is 76.6 Å². The van der Waals surface area contributed by atoms with Crippen molar-refractivity contribution in [2.75, 3.05) is 12.4 Å². The van der Waals surface area contributed by atoms with Crippen molar-refractivity contribution in [2.45, 2.75) is 32.1 Å². The molecule has 0 unspecified atom stereocenters. The summed E-state index contributed by atoms with van der Waals surface area (Å²) in [6.07, 6.45) is 2.11. The number of hydrogen-bond donors (Lipinski definition) is 2. The van der Waals surface area contributed by atoms with E-state index in [2.05, 4.69) is 15.6 Å². The van der Waals surface area contributed by atoms with Gasteiger partial charge >= 0.3 is 0 Å². The SMILES string of the molecule is COc1cccc([C@H]2C(C(=O)Nc3nc4ccccc4s3)=C(C)NC3=C2C(=O)CCC3)c1. The maximum atomic E-state index is 13.6. The van der Waals surface area contributed by atoms with Gasteiger partial charge in [-0.1, -0.05) is 35.6 Å². The van der Waals surface area contributed by atoms with Gasteiger partial charge in [-0.2, -0.15) is 0 Å². The number of aromatic nitrogens is 1. The van der Waals surface area contributed by atoms with Gasteiger partial charge in [0.1, 0.15) is 5.75 Å². The number of hydrogen-bond acceptors (Lipinski definition) is 6. The Morgan fingerprint density at radius 3 is 2.84 bits per heavy atom. The Balaban J connectivity index is 1.57. The molecule has 1 atom stereocenters. The number of allylic oxidation sites excluding steroid dienone is 3. The summed E-state index contributed by atoms with van der Waals surface area (Å²) in [7, 11) is 1.61. The molecule has 0 saturated heterocycles. The Hall–Kier alpha value is -3.45. The van der Waals surface area contributed by atoms with Crippen LogP contribution in [0.4, 0.5) is 5.13 Å². The molecule has 2 aromatic carbocycles. The minimum Gasteiger partial charge on any atom is -0.497 e. The lowest BCUT2D eigenvalue weighted by molar-refractivity contribution is -0.116. The van der Waals surface area contributed by atoms with Crippen molar-refractivity contribution in [1.29, 1.82) is 0 Å². The van der Waals surface area contributed by atoms with Crippen molar-refractivity contribution in [1.82, 2.24) is 10.3 Å². The molecule has 0 saturated carbocycles. The number of anilines is 1. The predicted molar refractivity (Wildman–Crippen MR) is 126 cm³/mol. The van der Waals surface area contributed by atoms with Gasteiger partial charge in [-0.3, -0.25) is 14.9 Å². The summed E-state index contributed by atoms with van der Waals surface area (Å²) in [6.45, 7) is 1.89. The number of ether oxygens (including phenoxy) is 1. The first-order valence-electron chi connectivity index (χ1n) is 10.6. The number of rotatable bonds is 4. The van der Waals surface area contributed by atoms with Crippen molar-refractivity contribution in [2.24, 2.45) is 0 Å². The summed E-state index contributed by atoms with van der Waals surface area (Å²) >= 11 is 1.43. The third kappa shape index (κ3) is 3.58. The highest BCUT2D eigenvalue weighted by Gasteiger charge is 2.38. The summed E-state index contributed by atoms with van der Waals surface area (Å²) in [4.78, 5) is 31.1. The number of methoxy groups -OCH3 is 1. The average molecular weight is 446 g/mol. The first kappa shape index (κ1) is 20.5. The maximum Gasteiger partial charge on any atom is 0.256 e. The summed E-state index contributed by atoms with van der Waals surface area (Å²) in [5, 5.41) is 6.86. The summed E-state index contributed by atoms with van der Waals surface area (Å²) in [5.41, 5.74) is 4.60. The normalized spacial score (nSPS) is 18.4. The van der Waals surface area contributed by atoms with Gasteiger partial charge in [-0.15, -0.1) is 0 Å². The molecule has 0 fully saturated rings. The quantitative estimate of drug-likeness (QED) is 0.596. The van der Waals surface area contributed by atoms with E-state index in [1.165, 1.54) is 11.3 Å². The van der Waals surface area contributed by atoms with Crippen LogP contribution in [0.3, 0.4) is 0 Å². The molecule has 1 aromatic heterocycles. The molecule has 3 aromatic rings. The molecule has 2 N–H and O–H groups in total. The lowest BCUT2D eigenvalue weighted by Gasteiger charge is -2.34. The lowest BCUT2D eigenvalue weighted by Crippen LogP contribution is -2.35. The Morgan fingerprint density at radius 2 is 2.03 bits per heavy atom. The standard InChI is InChI=1S/C25H23N3O3S/c1-14-21(24(30)28-25-27-17-9-3-4-12-20(17)32-25)22(15-7-5-8-16(13-15)31-2)23-18(26-14)10-6-11-19(23)29/h3-5,7-9,12-13,22,26H,6,10-11H2,1-2H3,(H,27,28,30)/t22-/m0/s1. The van der Waals surface area contributed by atoms with E-state index in [-0.39, 0.29) is 11.7 Å². The van der Waals surface area contributed by atoms with Crippen LogP contribution in [0.25, 0.3) is 10.2 Å². The highest BCUT2D eigenvalue weighted by atomic mass is 32.1. The number of para-hydroxylation sites is 1. The second kappa shape index (κ2) is 8.24. The first-order valence-corrected chi connectivity index (χ1v) is 11.4. The van der Waals surface area contributed by atoms with Crippen LogP contribution >= 0.6 is 11.3 Å². The number of carbonyl (C=O) groups excluding carboxylic acids is 2. The number of thiazole rings is 1. The van der Waals surface area contributed by atoms with Crippen LogP contribution in [0.15, 0.2) is 71.1 Å². The maximum absolute atomic E-state index is 13.6. The monoisotopic (exact) mass is 445 g/mol. The molecule has 1 aliphatic heterocycles. The fourth-order valence-electron chi connectivity index (χ4n) is 4.53. The third-order valence-electron chi connectivity index (χ3n) is 5.96. The number of Topliss-reactive ketones (excluding diaryl/α,β-unsaturated/α-hetero) is 1. The van der Waals surface area contributed by atoms with E-state index in [1.807, 2.05) is 55.5 Å². The number of dihydropyridines is 1. The molecular formula is C25H23N3O3S. The van der Waals surface area contributed by atoms with Crippen LogP contribution in [0.2, 0.25) is 0 Å². The van der Waals surface area contributed by atoms with Gasteiger partial charge in [0.05, 0.1) is 17.3 Å². The predicted octanol–water partition coefficient (Wildman–Crippen LogP) is 4.91. The Labute approximate surface area is 190 Å². The zero-order valence-corrected chi connectivity index (χ0v) is 18.7. The van der Waals surface area contributed by atoms with Gasteiger partial charge in [0.2, 0.25) is 0 Å². The average Bonchev–Trinajstić information content (AvgIpc) is 3.20. The Bertz CT molecular complexity index is 1270. The molecule has 1 amide bonds. The Kier molecular flexibility index (Phi) is 5.27. The van der Waals surface area contributed by atoms with E-state index in [1.54, 1.807) is 7.11 Å². The molecule has 2 aliphatic rings. The van der Waals surface area contributed by atoms with Gasteiger partial charge in [0.15, 0.2) is 10.9 Å². The molecule has 0 spiro atoms. The molecule has 5 rings (SSSR count). The fraction of sp³-hybridized carbons (Fsp3) is 0.240. The molecular weight excluding hydrogens is 422 g/mol. The van der Waals surface area contributed by atoms with Gasteiger partial charge in [-0.05, 0) is 49.6 Å². The zero-order chi connectivity index (χ0) is 22.2. The first-order chi connectivity index (χ1) is 15.5. The number of fused-ring (bicyclic) bond motifs is 1. The minimum atomic E-state index is -0.455. The van der Waals surface area contributed by atoms with Crippen LogP contribution < -0.4 is 15.4 Å². The summed E-state index contributed by atoms with van der Waals surface area (Å²) in [6, 6.07) is 15.4. The summed E-state index contributed by atoms with van der Waals surface area (Å²) in [5.74, 6) is 0.0645. The lowest BCUT2D eigenvalue weighted by atomic mass is 9.75. The number of ketones is 1. The van der Waals surface area contributed by atoms with E-state index >= 15 is 0 Å². The molecule has 7 heteroatoms. The van der Waals surface area contributed by atoms with Crippen LogP contribution in [0.5, 0.6) is 5.75 Å². The van der Waals surface area contributed by atoms with Gasteiger partial charge in [0.25, 0.3) is 5.91 Å². The number of carbonyl (C=O) groups is 2. The number of nitrogens with one attached hydrogen (secondary N) is 2. The van der Waals surface area contributed by atoms with Crippen LogP contribution in [-0.2, 0) is 9.59 Å². The number of amides is 1. The van der Waals surface area contributed by atoms with Gasteiger partial charge in [-0.25, -0.2) is 4.98 Å². The van der Waals surface area contributed by atoms with Crippen molar-refractivity contribution >= 4 is 38.4 Å². The molecule has 32 heavy (non-hydrogen) atoms. The molecule has 2 heterocycles. The highest BCUT2D eigenvalue weighted by Crippen LogP contribution is 2.43. The fourth-order valence-corrected chi connectivity index (χ4v) is 5.39. The van der Waals surface area contributed by atoms with E-state index in [0.29, 0.717) is 28.4 Å². The van der Waals surface area contributed by atoms with Crippen molar-refractivity contribution in [3.63, 3.8) is 0 Å². The molecule has 6 nitrogen and oxygen atoms in total. The van der Waals surface area contributed by atoms with Crippen LogP contribution in [0.1, 0.15) is 37.7 Å². The van der Waals surface area contributed by atoms with Gasteiger partial charge in [0, 0.05) is 34.9 Å². The molecule has 0 bridgehead atoms. The second-order valence-corrected chi connectivity index (χ2v) is 9.01. The Morgan fingerprint density at radius 1 is 1.19 bits per heavy atom. The molecule has 1 aliphatic carbocycles. The van der Waals surface area contributed by atoms with E-state index in [9.17, 15) is 9.59 Å². The van der Waals surface area contributed by atoms with Crippen molar-refractivity contribution in [3.8, 4) is 5.75 Å². The smallest absolute Gasteiger partial charge is 0.256 e. The largest absolute Gasteiger partial charge is 0.497 e. The molecule has 0 radical (unpaired) electrons. The second-order valence-electron chi connectivity index (χ2n) is 7.98. The highest BCUT2D eigenvalue weighted by molar-refractivity contribution is 7.22. The van der Waals surface area contributed by atoms with Crippen molar-refractivity contribution < 1.29 is 14.3 Å². The number of benzene rings is 2. The van der Waals surface area contributed by atoms with Crippen LogP contribution in [0, 0.1) is 0 Å². The van der Waals surface area contributed by atoms with Gasteiger partial charge < -0.3 is 10.1 Å². The van der Waals surface area contributed by atoms with Crippen LogP contribution in [-0.4, -0.2) is 23.8 Å². The molecule has 162 valence electrons. The third-order valence-corrected chi connectivity index (χ3v) is 6.91. The summed E-state index contributed by atoms with van der Waals surface area (Å²) < 4.78 is 6.43. The topological polar surface area (TPSA) is 80.3 Å². The minimum absolute atomic E-state index is 0.0874.